The summed E-state index contributed by atoms with van der Waals surface area (Å²) in [5, 5.41) is 17.5. The molecule has 1 N–H and O–H groups in total. The molecule has 6 rings (SSSR count). The van der Waals surface area contributed by atoms with E-state index in [0.29, 0.717) is 54.1 Å². The van der Waals surface area contributed by atoms with Gasteiger partial charge in [0.1, 0.15) is 28.6 Å². The standard InChI is InChI=1S/C40H51N9O5Si/c1-26-20-32(49(46-26)18-11-19-54-55(9,10)40(3,4)5)36-44-45-37(48(36)25-28-12-15-30(51-6)16-13-28)35-33-23-41-27(2)24-47(33)38(43-35)39(50)42-22-29-14-17-31(52-7)21-34(29)53-8/h12-17,20-21,23-24H,11,18-19,22,25H2,1-10H3,(H,42,50). The normalized spacial score (nSPS) is 12.0. The fourth-order valence-electron chi connectivity index (χ4n) is 6.04. The van der Waals surface area contributed by atoms with Crippen LogP contribution in [0.4, 0.5) is 0 Å². The molecule has 0 aliphatic rings. The van der Waals surface area contributed by atoms with Crippen molar-refractivity contribution in [3.05, 3.63) is 89.3 Å². The Bertz CT molecular complexity index is 2290. The largest absolute Gasteiger partial charge is 0.497 e. The molecule has 1 amide bonds. The molecule has 0 radical (unpaired) electrons. The number of nitrogens with zero attached hydrogens (tertiary/aromatic N) is 8. The number of hydrogen-bond acceptors (Lipinski definition) is 10. The van der Waals surface area contributed by atoms with Crippen LogP contribution in [-0.2, 0) is 24.1 Å². The number of rotatable bonds is 15. The van der Waals surface area contributed by atoms with Gasteiger partial charge >= 0.3 is 0 Å². The number of aromatic nitrogens is 8. The highest BCUT2D eigenvalue weighted by Gasteiger charge is 2.37. The molecular weight excluding hydrogens is 715 g/mol. The smallest absolute Gasteiger partial charge is 0.287 e. The summed E-state index contributed by atoms with van der Waals surface area (Å²) >= 11 is 0. The van der Waals surface area contributed by atoms with Gasteiger partial charge < -0.3 is 24.0 Å². The second kappa shape index (κ2) is 16.1. The zero-order valence-electron chi connectivity index (χ0n) is 33.4. The van der Waals surface area contributed by atoms with Crippen LogP contribution >= 0.6 is 0 Å². The highest BCUT2D eigenvalue weighted by Crippen LogP contribution is 2.37. The summed E-state index contributed by atoms with van der Waals surface area (Å²) in [6, 6.07) is 15.4. The first-order valence-electron chi connectivity index (χ1n) is 18.3. The van der Waals surface area contributed by atoms with E-state index in [1.807, 2.05) is 65.6 Å². The zero-order valence-corrected chi connectivity index (χ0v) is 34.4. The molecule has 6 aromatic rings. The summed E-state index contributed by atoms with van der Waals surface area (Å²) in [4.78, 5) is 23.4. The third-order valence-electron chi connectivity index (χ3n) is 10.2. The summed E-state index contributed by atoms with van der Waals surface area (Å²) in [7, 11) is 2.93. The van der Waals surface area contributed by atoms with Crippen molar-refractivity contribution in [2.45, 2.75) is 78.8 Å². The highest BCUT2D eigenvalue weighted by molar-refractivity contribution is 6.74. The van der Waals surface area contributed by atoms with Crippen molar-refractivity contribution in [3.63, 3.8) is 0 Å². The van der Waals surface area contributed by atoms with E-state index < -0.39 is 8.32 Å². The Morgan fingerprint density at radius 1 is 0.891 bits per heavy atom. The van der Waals surface area contributed by atoms with E-state index in [-0.39, 0.29) is 23.3 Å². The van der Waals surface area contributed by atoms with Crippen molar-refractivity contribution in [2.24, 2.45) is 0 Å². The second-order valence-electron chi connectivity index (χ2n) is 15.1. The minimum atomic E-state index is -1.89. The van der Waals surface area contributed by atoms with Gasteiger partial charge in [0, 0.05) is 37.5 Å². The van der Waals surface area contributed by atoms with Crippen molar-refractivity contribution < 1.29 is 23.4 Å². The molecule has 0 aliphatic heterocycles. The van der Waals surface area contributed by atoms with Crippen molar-refractivity contribution in [1.82, 2.24) is 44.2 Å². The van der Waals surface area contributed by atoms with E-state index >= 15 is 0 Å². The third-order valence-corrected chi connectivity index (χ3v) is 14.7. The summed E-state index contributed by atoms with van der Waals surface area (Å²) in [6.45, 7) is 17.0. The van der Waals surface area contributed by atoms with Crippen molar-refractivity contribution in [2.75, 3.05) is 27.9 Å². The SMILES string of the molecule is COc1ccc(Cn2c(-c3nc(C(=O)NCc4ccc(OC)cc4OC)n4cc(C)ncc34)nnc2-c2cc(C)nn2CCCO[Si](C)(C)C(C)(C)C)cc1. The van der Waals surface area contributed by atoms with Gasteiger partial charge in [-0.25, -0.2) is 4.98 Å². The molecule has 4 aromatic heterocycles. The number of benzene rings is 2. The summed E-state index contributed by atoms with van der Waals surface area (Å²) in [5.74, 6) is 2.93. The van der Waals surface area contributed by atoms with E-state index in [1.165, 1.54) is 0 Å². The van der Waals surface area contributed by atoms with E-state index in [0.717, 1.165) is 40.4 Å². The maximum atomic E-state index is 13.9. The first kappa shape index (κ1) is 39.2. The molecule has 0 atom stereocenters. The van der Waals surface area contributed by atoms with Gasteiger partial charge in [-0.15, -0.1) is 10.2 Å². The summed E-state index contributed by atoms with van der Waals surface area (Å²) in [6.07, 6.45) is 4.30. The van der Waals surface area contributed by atoms with Crippen LogP contribution in [0.2, 0.25) is 18.1 Å². The number of aryl methyl sites for hydroxylation is 3. The first-order valence-corrected chi connectivity index (χ1v) is 21.2. The Balaban J connectivity index is 1.38. The first-order chi connectivity index (χ1) is 26.2. The van der Waals surface area contributed by atoms with E-state index in [1.54, 1.807) is 44.2 Å². The van der Waals surface area contributed by atoms with Crippen LogP contribution in [0, 0.1) is 13.8 Å². The van der Waals surface area contributed by atoms with E-state index in [4.69, 9.17) is 38.9 Å². The number of carbonyl (C=O) groups excluding carboxylic acids is 1. The molecule has 0 fully saturated rings. The molecule has 0 saturated carbocycles. The number of amides is 1. The van der Waals surface area contributed by atoms with Gasteiger partial charge in [0.15, 0.2) is 20.0 Å². The van der Waals surface area contributed by atoms with Crippen LogP contribution < -0.4 is 19.5 Å². The van der Waals surface area contributed by atoms with Crippen molar-refractivity contribution in [3.8, 4) is 40.3 Å². The van der Waals surface area contributed by atoms with Crippen LogP contribution in [0.1, 0.15) is 60.3 Å². The minimum absolute atomic E-state index is 0.130. The topological polar surface area (TPSA) is 145 Å². The van der Waals surface area contributed by atoms with Crippen LogP contribution in [-0.4, -0.2) is 81.1 Å². The molecule has 0 aliphatic carbocycles. The molecule has 290 valence electrons. The number of nitrogens with one attached hydrogen (secondary N) is 1. The Kier molecular flexibility index (Phi) is 11.4. The Hall–Kier alpha value is -5.54. The van der Waals surface area contributed by atoms with E-state index in [9.17, 15) is 4.79 Å². The average Bonchev–Trinajstić information content (AvgIpc) is 3.86. The molecular formula is C40H51N9O5Si. The molecule has 2 aromatic carbocycles. The Morgan fingerprint density at radius 2 is 1.60 bits per heavy atom. The van der Waals surface area contributed by atoms with Crippen LogP contribution in [0.5, 0.6) is 17.2 Å². The fraction of sp³-hybridized carbons (Fsp3) is 0.400. The quantitative estimate of drug-likeness (QED) is 0.0868. The fourth-order valence-corrected chi connectivity index (χ4v) is 7.13. The van der Waals surface area contributed by atoms with Gasteiger partial charge in [0.2, 0.25) is 5.82 Å². The van der Waals surface area contributed by atoms with Gasteiger partial charge in [-0.1, -0.05) is 32.9 Å². The van der Waals surface area contributed by atoms with Gasteiger partial charge in [0.05, 0.1) is 51.0 Å². The molecule has 14 nitrogen and oxygen atoms in total. The molecule has 0 bridgehead atoms. The zero-order chi connectivity index (χ0) is 39.5. The molecule has 55 heavy (non-hydrogen) atoms. The monoisotopic (exact) mass is 765 g/mol. The van der Waals surface area contributed by atoms with E-state index in [2.05, 4.69) is 44.2 Å². The Labute approximate surface area is 323 Å². The summed E-state index contributed by atoms with van der Waals surface area (Å²) in [5.41, 5.74) is 5.27. The lowest BCUT2D eigenvalue weighted by molar-refractivity contribution is 0.0939. The lowest BCUT2D eigenvalue weighted by Crippen LogP contribution is -2.41. The number of ether oxygens (including phenoxy) is 3. The predicted molar refractivity (Wildman–Crippen MR) is 213 cm³/mol. The Morgan fingerprint density at radius 3 is 2.29 bits per heavy atom. The molecule has 0 unspecified atom stereocenters. The van der Waals surface area contributed by atoms with Crippen molar-refractivity contribution >= 4 is 19.7 Å². The van der Waals surface area contributed by atoms with Gasteiger partial charge in [-0.2, -0.15) is 5.10 Å². The van der Waals surface area contributed by atoms with Crippen LogP contribution in [0.15, 0.2) is 60.9 Å². The predicted octanol–water partition coefficient (Wildman–Crippen LogP) is 6.88. The second-order valence-corrected chi connectivity index (χ2v) is 19.9. The van der Waals surface area contributed by atoms with Gasteiger partial charge in [-0.05, 0) is 74.3 Å². The van der Waals surface area contributed by atoms with Gasteiger partial charge in [0.25, 0.3) is 5.91 Å². The maximum absolute atomic E-state index is 13.9. The highest BCUT2D eigenvalue weighted by atomic mass is 28.4. The average molecular weight is 766 g/mol. The lowest BCUT2D eigenvalue weighted by atomic mass is 10.2. The number of methoxy groups -OCH3 is 3. The number of imidazole rings is 1. The van der Waals surface area contributed by atoms with Gasteiger partial charge in [-0.3, -0.25) is 23.4 Å². The number of fused-ring (bicyclic) bond motifs is 1. The molecule has 0 saturated heterocycles. The molecule has 4 heterocycles. The number of hydrogen-bond donors (Lipinski definition) is 1. The van der Waals surface area contributed by atoms with Crippen molar-refractivity contribution in [1.29, 1.82) is 0 Å². The summed E-state index contributed by atoms with van der Waals surface area (Å²) < 4.78 is 28.5. The maximum Gasteiger partial charge on any atom is 0.287 e. The number of carbonyl (C=O) groups is 1. The minimum Gasteiger partial charge on any atom is -0.497 e. The molecule has 0 spiro atoms. The lowest BCUT2D eigenvalue weighted by Gasteiger charge is -2.36. The third kappa shape index (κ3) is 8.42. The van der Waals surface area contributed by atoms with Crippen LogP contribution in [0.3, 0.4) is 0 Å². The molecule has 15 heteroatoms. The van der Waals surface area contributed by atoms with Crippen LogP contribution in [0.25, 0.3) is 28.6 Å².